The fourth-order valence-corrected chi connectivity index (χ4v) is 2.88. The maximum absolute atomic E-state index is 12.3. The van der Waals surface area contributed by atoms with Crippen LogP contribution < -0.4 is 11.1 Å². The van der Waals surface area contributed by atoms with Crippen molar-refractivity contribution in [1.82, 2.24) is 10.3 Å². The Morgan fingerprint density at radius 1 is 1.20 bits per heavy atom. The molecule has 0 saturated heterocycles. The molecule has 2 aromatic carbocycles. The molecule has 0 bridgehead atoms. The number of benzene rings is 2. The van der Waals surface area contributed by atoms with E-state index in [0.29, 0.717) is 18.4 Å². The van der Waals surface area contributed by atoms with E-state index in [4.69, 9.17) is 10.2 Å². The molecule has 1 unspecified atom stereocenters. The minimum Gasteiger partial charge on any atom is -0.446 e. The predicted octanol–water partition coefficient (Wildman–Crippen LogP) is 3.80. The maximum atomic E-state index is 12.3. The van der Waals surface area contributed by atoms with E-state index in [2.05, 4.69) is 42.3 Å². The fraction of sp³-hybridized carbons (Fsp3) is 0.300. The molecule has 1 aromatic heterocycles. The summed E-state index contributed by atoms with van der Waals surface area (Å²) in [5.41, 5.74) is 7.37. The Kier molecular flexibility index (Phi) is 5.14. The lowest BCUT2D eigenvalue weighted by molar-refractivity contribution is 0.0946. The summed E-state index contributed by atoms with van der Waals surface area (Å²) in [6, 6.07) is 13.9. The number of nitrogens with two attached hydrogens (primary N) is 1. The molecular formula is C20H23N3O2. The number of hydrogen-bond donors (Lipinski definition) is 2. The normalized spacial score (nSPS) is 12.5. The van der Waals surface area contributed by atoms with Crippen LogP contribution in [0.15, 0.2) is 53.1 Å². The first-order valence-corrected chi connectivity index (χ1v) is 8.50. The van der Waals surface area contributed by atoms with Gasteiger partial charge in [0, 0.05) is 6.54 Å². The Bertz CT molecular complexity index is 865. The highest BCUT2D eigenvalue weighted by Crippen LogP contribution is 2.19. The van der Waals surface area contributed by atoms with Crippen LogP contribution in [0, 0.1) is 5.92 Å². The topological polar surface area (TPSA) is 81.1 Å². The first kappa shape index (κ1) is 17.2. The zero-order chi connectivity index (χ0) is 17.8. The summed E-state index contributed by atoms with van der Waals surface area (Å²) in [4.78, 5) is 16.6. The molecule has 3 N–H and O–H groups in total. The van der Waals surface area contributed by atoms with Crippen LogP contribution in [-0.4, -0.2) is 10.9 Å². The average Bonchev–Trinajstić information content (AvgIpc) is 3.09. The van der Waals surface area contributed by atoms with Crippen LogP contribution >= 0.6 is 0 Å². The molecular weight excluding hydrogens is 314 g/mol. The fourth-order valence-electron chi connectivity index (χ4n) is 2.88. The summed E-state index contributed by atoms with van der Waals surface area (Å²) in [6.07, 6.45) is 2.13. The highest BCUT2D eigenvalue weighted by Gasteiger charge is 2.18. The molecule has 3 aromatic rings. The average molecular weight is 337 g/mol. The highest BCUT2D eigenvalue weighted by molar-refractivity contribution is 5.92. The molecule has 5 nitrogen and oxygen atoms in total. The van der Waals surface area contributed by atoms with Crippen molar-refractivity contribution in [2.45, 2.75) is 32.9 Å². The molecule has 130 valence electrons. The first-order valence-electron chi connectivity index (χ1n) is 8.50. The second-order valence-electron chi connectivity index (χ2n) is 6.63. The van der Waals surface area contributed by atoms with Crippen LogP contribution in [-0.2, 0) is 6.54 Å². The summed E-state index contributed by atoms with van der Waals surface area (Å²) < 4.78 is 5.37. The molecule has 0 aliphatic rings. The van der Waals surface area contributed by atoms with E-state index in [1.807, 2.05) is 24.3 Å². The Hall–Kier alpha value is -2.66. The number of rotatable bonds is 6. The Labute approximate surface area is 147 Å². The Morgan fingerprint density at radius 2 is 1.96 bits per heavy atom. The van der Waals surface area contributed by atoms with Crippen LogP contribution in [0.4, 0.5) is 0 Å². The van der Waals surface area contributed by atoms with Crippen LogP contribution in [0.1, 0.15) is 48.3 Å². The third-order valence-corrected chi connectivity index (χ3v) is 4.12. The lowest BCUT2D eigenvalue weighted by Gasteiger charge is -2.09. The van der Waals surface area contributed by atoms with Gasteiger partial charge in [-0.05, 0) is 28.7 Å². The van der Waals surface area contributed by atoms with Gasteiger partial charge in [0.1, 0.15) is 6.26 Å². The molecule has 0 fully saturated rings. The van der Waals surface area contributed by atoms with Gasteiger partial charge in [-0.2, -0.15) is 0 Å². The van der Waals surface area contributed by atoms with Gasteiger partial charge in [0.25, 0.3) is 5.91 Å². The van der Waals surface area contributed by atoms with E-state index in [0.717, 1.165) is 22.8 Å². The highest BCUT2D eigenvalue weighted by atomic mass is 16.3. The Balaban J connectivity index is 1.67. The summed E-state index contributed by atoms with van der Waals surface area (Å²) in [6.45, 7) is 4.60. The molecule has 0 aliphatic carbocycles. The van der Waals surface area contributed by atoms with Crippen LogP contribution in [0.2, 0.25) is 0 Å². The van der Waals surface area contributed by atoms with Crippen molar-refractivity contribution in [3.63, 3.8) is 0 Å². The second-order valence-corrected chi connectivity index (χ2v) is 6.63. The van der Waals surface area contributed by atoms with Crippen molar-refractivity contribution >= 4 is 16.7 Å². The van der Waals surface area contributed by atoms with Gasteiger partial charge < -0.3 is 15.5 Å². The number of hydrogen-bond acceptors (Lipinski definition) is 4. The summed E-state index contributed by atoms with van der Waals surface area (Å²) >= 11 is 0. The SMILES string of the molecule is CC(C)CC(N)c1nc(C(=O)NCc2cccc3ccccc23)co1. The number of amides is 1. The van der Waals surface area contributed by atoms with Crippen molar-refractivity contribution in [3.05, 3.63) is 65.9 Å². The van der Waals surface area contributed by atoms with Crippen molar-refractivity contribution in [1.29, 1.82) is 0 Å². The van der Waals surface area contributed by atoms with Gasteiger partial charge in [-0.25, -0.2) is 4.98 Å². The van der Waals surface area contributed by atoms with Gasteiger partial charge in [0.15, 0.2) is 5.69 Å². The van der Waals surface area contributed by atoms with E-state index in [9.17, 15) is 4.79 Å². The molecule has 0 spiro atoms. The second kappa shape index (κ2) is 7.49. The summed E-state index contributed by atoms with van der Waals surface area (Å²) in [5, 5.41) is 5.18. The van der Waals surface area contributed by atoms with Gasteiger partial charge in [-0.1, -0.05) is 56.3 Å². The molecule has 0 aliphatic heterocycles. The monoisotopic (exact) mass is 337 g/mol. The third kappa shape index (κ3) is 4.06. The molecule has 0 saturated carbocycles. The first-order chi connectivity index (χ1) is 12.0. The van der Waals surface area contributed by atoms with E-state index < -0.39 is 0 Å². The number of carbonyl (C=O) groups excluding carboxylic acids is 1. The van der Waals surface area contributed by atoms with E-state index in [1.165, 1.54) is 6.26 Å². The molecule has 5 heteroatoms. The van der Waals surface area contributed by atoms with Gasteiger partial charge >= 0.3 is 0 Å². The van der Waals surface area contributed by atoms with Gasteiger partial charge in [-0.3, -0.25) is 4.79 Å². The molecule has 3 rings (SSSR count). The summed E-state index contributed by atoms with van der Waals surface area (Å²) in [7, 11) is 0. The minimum absolute atomic E-state index is 0.259. The van der Waals surface area contributed by atoms with Crippen LogP contribution in [0.5, 0.6) is 0 Å². The van der Waals surface area contributed by atoms with Crippen LogP contribution in [0.3, 0.4) is 0 Å². The zero-order valence-corrected chi connectivity index (χ0v) is 14.5. The van der Waals surface area contributed by atoms with Crippen molar-refractivity contribution in [2.75, 3.05) is 0 Å². The van der Waals surface area contributed by atoms with Gasteiger partial charge in [0.05, 0.1) is 6.04 Å². The van der Waals surface area contributed by atoms with Crippen molar-refractivity contribution in [3.8, 4) is 0 Å². The third-order valence-electron chi connectivity index (χ3n) is 4.12. The van der Waals surface area contributed by atoms with Gasteiger partial charge in [-0.15, -0.1) is 0 Å². The molecule has 0 radical (unpaired) electrons. The minimum atomic E-state index is -0.292. The van der Waals surface area contributed by atoms with Crippen molar-refractivity contribution < 1.29 is 9.21 Å². The number of carbonyl (C=O) groups is 1. The summed E-state index contributed by atoms with van der Waals surface area (Å²) in [5.74, 6) is 0.578. The lowest BCUT2D eigenvalue weighted by atomic mass is 10.0. The van der Waals surface area contributed by atoms with E-state index in [-0.39, 0.29) is 17.6 Å². The molecule has 1 heterocycles. The quantitative estimate of drug-likeness (QED) is 0.717. The number of nitrogens with zero attached hydrogens (tertiary/aromatic N) is 1. The Morgan fingerprint density at radius 3 is 2.76 bits per heavy atom. The zero-order valence-electron chi connectivity index (χ0n) is 14.5. The van der Waals surface area contributed by atoms with Crippen molar-refractivity contribution in [2.24, 2.45) is 11.7 Å². The maximum Gasteiger partial charge on any atom is 0.273 e. The number of oxazole rings is 1. The van der Waals surface area contributed by atoms with E-state index >= 15 is 0 Å². The van der Waals surface area contributed by atoms with Crippen LogP contribution in [0.25, 0.3) is 10.8 Å². The molecule has 1 atom stereocenters. The lowest BCUT2D eigenvalue weighted by Crippen LogP contribution is -2.23. The molecule has 25 heavy (non-hydrogen) atoms. The largest absolute Gasteiger partial charge is 0.446 e. The smallest absolute Gasteiger partial charge is 0.273 e. The molecule has 1 amide bonds. The van der Waals surface area contributed by atoms with E-state index in [1.54, 1.807) is 0 Å². The standard InChI is InChI=1S/C20H23N3O2/c1-13(2)10-17(21)20-23-18(12-25-20)19(24)22-11-15-8-5-7-14-6-3-4-9-16(14)15/h3-9,12-13,17H,10-11,21H2,1-2H3,(H,22,24). The predicted molar refractivity (Wildman–Crippen MR) is 98.0 cm³/mol. The van der Waals surface area contributed by atoms with Gasteiger partial charge in [0.2, 0.25) is 5.89 Å². The number of nitrogens with one attached hydrogen (secondary N) is 1. The number of aromatic nitrogens is 1. The number of fused-ring (bicyclic) bond motifs is 1.